The van der Waals surface area contributed by atoms with Gasteiger partial charge in [0.25, 0.3) is 0 Å². The molecule has 110 valence electrons. The van der Waals surface area contributed by atoms with E-state index in [4.69, 9.17) is 0 Å². The molecule has 0 amide bonds. The summed E-state index contributed by atoms with van der Waals surface area (Å²) in [4.78, 5) is 12.3. The van der Waals surface area contributed by atoms with E-state index in [-0.39, 0.29) is 11.7 Å². The van der Waals surface area contributed by atoms with Crippen molar-refractivity contribution in [2.75, 3.05) is 0 Å². The van der Waals surface area contributed by atoms with Gasteiger partial charge in [0, 0.05) is 5.92 Å². The van der Waals surface area contributed by atoms with Gasteiger partial charge in [0.2, 0.25) is 0 Å². The Kier molecular flexibility index (Phi) is 4.65. The SMILES string of the molecule is O=C(C=Cc1ccccc1)C1CC=C(c2ccccc2)CC1. The first kappa shape index (κ1) is 14.5. The summed E-state index contributed by atoms with van der Waals surface area (Å²) in [6, 6.07) is 20.4. The molecule has 2 aromatic rings. The highest BCUT2D eigenvalue weighted by Gasteiger charge is 2.20. The highest BCUT2D eigenvalue weighted by molar-refractivity contribution is 5.95. The van der Waals surface area contributed by atoms with E-state index in [0.29, 0.717) is 0 Å². The lowest BCUT2D eigenvalue weighted by Gasteiger charge is -2.20. The van der Waals surface area contributed by atoms with Gasteiger partial charge in [0.15, 0.2) is 5.78 Å². The first-order valence-electron chi connectivity index (χ1n) is 7.84. The zero-order valence-electron chi connectivity index (χ0n) is 12.6. The third-order valence-electron chi connectivity index (χ3n) is 4.20. The number of hydrogen-bond donors (Lipinski definition) is 0. The van der Waals surface area contributed by atoms with Gasteiger partial charge in [0.1, 0.15) is 0 Å². The first-order valence-corrected chi connectivity index (χ1v) is 7.84. The molecule has 1 aliphatic carbocycles. The van der Waals surface area contributed by atoms with Crippen LogP contribution in [0.25, 0.3) is 11.6 Å². The van der Waals surface area contributed by atoms with Crippen LogP contribution in [0.3, 0.4) is 0 Å². The lowest BCUT2D eigenvalue weighted by atomic mass is 9.84. The van der Waals surface area contributed by atoms with Crippen LogP contribution in [0, 0.1) is 5.92 Å². The summed E-state index contributed by atoms with van der Waals surface area (Å²) in [6.45, 7) is 0. The number of allylic oxidation sites excluding steroid dienone is 3. The number of hydrogen-bond acceptors (Lipinski definition) is 1. The van der Waals surface area contributed by atoms with E-state index in [1.807, 2.05) is 42.5 Å². The zero-order chi connectivity index (χ0) is 15.2. The van der Waals surface area contributed by atoms with Crippen LogP contribution in [0.15, 0.2) is 72.8 Å². The number of ketones is 1. The Bertz CT molecular complexity index is 680. The van der Waals surface area contributed by atoms with Gasteiger partial charge in [-0.2, -0.15) is 0 Å². The highest BCUT2D eigenvalue weighted by atomic mass is 16.1. The largest absolute Gasteiger partial charge is 0.295 e. The predicted octanol–water partition coefficient (Wildman–Crippen LogP) is 5.15. The Morgan fingerprint density at radius 1 is 0.955 bits per heavy atom. The molecule has 2 aromatic carbocycles. The third kappa shape index (κ3) is 3.62. The monoisotopic (exact) mass is 288 g/mol. The van der Waals surface area contributed by atoms with E-state index in [1.54, 1.807) is 6.08 Å². The molecule has 1 nitrogen and oxygen atoms in total. The molecule has 1 heteroatoms. The Morgan fingerprint density at radius 2 is 1.64 bits per heavy atom. The summed E-state index contributed by atoms with van der Waals surface area (Å²) in [6.07, 6.45) is 8.67. The van der Waals surface area contributed by atoms with Crippen molar-refractivity contribution in [2.45, 2.75) is 19.3 Å². The summed E-state index contributed by atoms with van der Waals surface area (Å²) >= 11 is 0. The normalized spacial score (nSPS) is 18.2. The molecular formula is C21H20O. The smallest absolute Gasteiger partial charge is 0.159 e. The third-order valence-corrected chi connectivity index (χ3v) is 4.20. The van der Waals surface area contributed by atoms with Gasteiger partial charge in [-0.3, -0.25) is 4.79 Å². The molecule has 0 aliphatic heterocycles. The standard InChI is InChI=1S/C21H20O/c22-21(16-11-17-7-3-1-4-8-17)20-14-12-19(13-15-20)18-9-5-2-6-10-18/h1-12,16,20H,13-15H2. The van der Waals surface area contributed by atoms with Crippen molar-refractivity contribution in [2.24, 2.45) is 5.92 Å². The molecule has 0 bridgehead atoms. The molecule has 0 heterocycles. The molecular weight excluding hydrogens is 268 g/mol. The minimum Gasteiger partial charge on any atom is -0.295 e. The van der Waals surface area contributed by atoms with Crippen LogP contribution in [0.4, 0.5) is 0 Å². The Balaban J connectivity index is 1.62. The fourth-order valence-corrected chi connectivity index (χ4v) is 2.89. The van der Waals surface area contributed by atoms with Gasteiger partial charge in [-0.25, -0.2) is 0 Å². The van der Waals surface area contributed by atoms with Gasteiger partial charge < -0.3 is 0 Å². The van der Waals surface area contributed by atoms with E-state index in [2.05, 4.69) is 30.3 Å². The van der Waals surface area contributed by atoms with Gasteiger partial charge >= 0.3 is 0 Å². The predicted molar refractivity (Wildman–Crippen MR) is 92.2 cm³/mol. The minimum absolute atomic E-state index is 0.132. The van der Waals surface area contributed by atoms with Crippen LogP contribution < -0.4 is 0 Å². The summed E-state index contributed by atoms with van der Waals surface area (Å²) in [5, 5.41) is 0. The second-order valence-corrected chi connectivity index (χ2v) is 5.71. The van der Waals surface area contributed by atoms with E-state index < -0.39 is 0 Å². The lowest BCUT2D eigenvalue weighted by Crippen LogP contribution is -2.14. The van der Waals surface area contributed by atoms with Gasteiger partial charge in [-0.05, 0) is 42.0 Å². The molecule has 0 aromatic heterocycles. The number of benzene rings is 2. The average molecular weight is 288 g/mol. The van der Waals surface area contributed by atoms with Crippen molar-refractivity contribution < 1.29 is 4.79 Å². The van der Waals surface area contributed by atoms with Crippen LogP contribution in [-0.4, -0.2) is 5.78 Å². The zero-order valence-corrected chi connectivity index (χ0v) is 12.6. The quantitative estimate of drug-likeness (QED) is 0.711. The molecule has 0 N–H and O–H groups in total. The van der Waals surface area contributed by atoms with Crippen LogP contribution in [0.5, 0.6) is 0 Å². The second kappa shape index (κ2) is 7.04. The molecule has 1 unspecified atom stereocenters. The summed E-state index contributed by atoms with van der Waals surface area (Å²) < 4.78 is 0. The topological polar surface area (TPSA) is 17.1 Å². The van der Waals surface area contributed by atoms with E-state index in [9.17, 15) is 4.79 Å². The Morgan fingerprint density at radius 3 is 2.27 bits per heavy atom. The van der Waals surface area contributed by atoms with Crippen molar-refractivity contribution in [1.29, 1.82) is 0 Å². The van der Waals surface area contributed by atoms with E-state index >= 15 is 0 Å². The molecule has 1 aliphatic rings. The lowest BCUT2D eigenvalue weighted by molar-refractivity contribution is -0.118. The maximum absolute atomic E-state index is 12.3. The number of carbonyl (C=O) groups excluding carboxylic acids is 1. The Hall–Kier alpha value is -2.41. The van der Waals surface area contributed by atoms with Crippen molar-refractivity contribution in [3.05, 3.63) is 83.9 Å². The summed E-state index contributed by atoms with van der Waals surface area (Å²) in [5.41, 5.74) is 3.73. The maximum atomic E-state index is 12.3. The fraction of sp³-hybridized carbons (Fsp3) is 0.190. The summed E-state index contributed by atoms with van der Waals surface area (Å²) in [5.74, 6) is 0.375. The molecule has 0 saturated carbocycles. The maximum Gasteiger partial charge on any atom is 0.159 e. The van der Waals surface area contributed by atoms with Crippen molar-refractivity contribution in [3.63, 3.8) is 0 Å². The van der Waals surface area contributed by atoms with Crippen LogP contribution in [0.2, 0.25) is 0 Å². The fourth-order valence-electron chi connectivity index (χ4n) is 2.89. The minimum atomic E-state index is 0.132. The molecule has 1 atom stereocenters. The highest BCUT2D eigenvalue weighted by Crippen LogP contribution is 2.30. The molecule has 0 saturated heterocycles. The van der Waals surface area contributed by atoms with Crippen molar-refractivity contribution >= 4 is 17.4 Å². The van der Waals surface area contributed by atoms with Gasteiger partial charge in [-0.1, -0.05) is 72.8 Å². The van der Waals surface area contributed by atoms with Gasteiger partial charge in [0.05, 0.1) is 0 Å². The second-order valence-electron chi connectivity index (χ2n) is 5.71. The Labute approximate surface area is 132 Å². The van der Waals surface area contributed by atoms with Crippen molar-refractivity contribution in [1.82, 2.24) is 0 Å². The number of rotatable bonds is 4. The molecule has 0 radical (unpaired) electrons. The molecule has 22 heavy (non-hydrogen) atoms. The first-order chi connectivity index (χ1) is 10.8. The number of carbonyl (C=O) groups is 1. The average Bonchev–Trinajstić information content (AvgIpc) is 2.61. The molecule has 0 fully saturated rings. The van der Waals surface area contributed by atoms with Crippen LogP contribution >= 0.6 is 0 Å². The van der Waals surface area contributed by atoms with Crippen molar-refractivity contribution in [3.8, 4) is 0 Å². The van der Waals surface area contributed by atoms with Crippen LogP contribution in [-0.2, 0) is 4.79 Å². The van der Waals surface area contributed by atoms with E-state index in [0.717, 1.165) is 24.8 Å². The molecule has 0 spiro atoms. The van der Waals surface area contributed by atoms with Crippen LogP contribution in [0.1, 0.15) is 30.4 Å². The van der Waals surface area contributed by atoms with E-state index in [1.165, 1.54) is 11.1 Å². The summed E-state index contributed by atoms with van der Waals surface area (Å²) in [7, 11) is 0. The van der Waals surface area contributed by atoms with Gasteiger partial charge in [-0.15, -0.1) is 0 Å². The molecule has 3 rings (SSSR count).